The zero-order valence-electron chi connectivity index (χ0n) is 13.5. The number of amides is 1. The number of nitrogens with one attached hydrogen (secondary N) is 1. The summed E-state index contributed by atoms with van der Waals surface area (Å²) in [7, 11) is 1.55. The number of ether oxygens (including phenoxy) is 1. The van der Waals surface area contributed by atoms with E-state index in [1.807, 2.05) is 0 Å². The number of hydrogen-bond acceptors (Lipinski definition) is 9. The standard InChI is InChI=1S/C14H10F3N5O3S2/c1-24-8-4-2-7(3-5-8)10-19-22-13(25-10)26-6-9(23)18-12-21-20-11(27-12)14(15,16)17/h2-5H,6H2,1H3,(H,18,21,23). The second kappa shape index (κ2) is 7.92. The molecule has 0 aliphatic rings. The summed E-state index contributed by atoms with van der Waals surface area (Å²) in [6.45, 7) is 0. The van der Waals surface area contributed by atoms with Gasteiger partial charge in [0.25, 0.3) is 5.22 Å². The van der Waals surface area contributed by atoms with Crippen molar-refractivity contribution in [3.8, 4) is 17.2 Å². The molecule has 13 heteroatoms. The molecule has 2 heterocycles. The third-order valence-electron chi connectivity index (χ3n) is 2.98. The Morgan fingerprint density at radius 2 is 1.96 bits per heavy atom. The second-order valence-corrected chi connectivity index (χ2v) is 6.75. The highest BCUT2D eigenvalue weighted by atomic mass is 32.2. The van der Waals surface area contributed by atoms with Crippen molar-refractivity contribution < 1.29 is 27.1 Å². The molecule has 2 aromatic heterocycles. The van der Waals surface area contributed by atoms with Crippen molar-refractivity contribution >= 4 is 34.1 Å². The Hall–Kier alpha value is -2.67. The van der Waals surface area contributed by atoms with Crippen LogP contribution in [0.3, 0.4) is 0 Å². The Labute approximate surface area is 158 Å². The molecule has 27 heavy (non-hydrogen) atoms. The zero-order valence-corrected chi connectivity index (χ0v) is 15.1. The molecule has 0 radical (unpaired) electrons. The molecule has 0 atom stereocenters. The lowest BCUT2D eigenvalue weighted by atomic mass is 10.2. The van der Waals surface area contributed by atoms with Crippen LogP contribution in [0.2, 0.25) is 0 Å². The number of hydrogen-bond donors (Lipinski definition) is 1. The van der Waals surface area contributed by atoms with Crippen molar-refractivity contribution in [1.29, 1.82) is 0 Å². The average molecular weight is 417 g/mol. The van der Waals surface area contributed by atoms with Crippen molar-refractivity contribution in [2.45, 2.75) is 11.4 Å². The summed E-state index contributed by atoms with van der Waals surface area (Å²) in [6, 6.07) is 6.94. The molecule has 0 saturated heterocycles. The number of carbonyl (C=O) groups is 1. The maximum atomic E-state index is 12.4. The summed E-state index contributed by atoms with van der Waals surface area (Å²) in [5, 5.41) is 15.0. The number of benzene rings is 1. The van der Waals surface area contributed by atoms with Gasteiger partial charge < -0.3 is 9.15 Å². The minimum atomic E-state index is -4.60. The number of aromatic nitrogens is 4. The Kier molecular flexibility index (Phi) is 5.60. The third-order valence-corrected chi connectivity index (χ3v) is 4.69. The quantitative estimate of drug-likeness (QED) is 0.609. The predicted molar refractivity (Wildman–Crippen MR) is 90.6 cm³/mol. The number of anilines is 1. The van der Waals surface area contributed by atoms with E-state index in [0.29, 0.717) is 11.3 Å². The predicted octanol–water partition coefficient (Wildman–Crippen LogP) is 3.35. The largest absolute Gasteiger partial charge is 0.497 e. The summed E-state index contributed by atoms with van der Waals surface area (Å²) in [4.78, 5) is 11.8. The van der Waals surface area contributed by atoms with Crippen molar-refractivity contribution in [1.82, 2.24) is 20.4 Å². The van der Waals surface area contributed by atoms with Gasteiger partial charge in [0.15, 0.2) is 0 Å². The van der Waals surface area contributed by atoms with Gasteiger partial charge in [-0.25, -0.2) is 0 Å². The molecule has 8 nitrogen and oxygen atoms in total. The van der Waals surface area contributed by atoms with Gasteiger partial charge in [0, 0.05) is 5.56 Å². The van der Waals surface area contributed by atoms with Crippen LogP contribution in [-0.2, 0) is 11.0 Å². The van der Waals surface area contributed by atoms with Crippen LogP contribution < -0.4 is 10.1 Å². The van der Waals surface area contributed by atoms with Crippen molar-refractivity contribution in [3.63, 3.8) is 0 Å². The summed E-state index contributed by atoms with van der Waals surface area (Å²) < 4.78 is 47.8. The number of thioether (sulfide) groups is 1. The van der Waals surface area contributed by atoms with E-state index in [1.54, 1.807) is 31.4 Å². The van der Waals surface area contributed by atoms with Gasteiger partial charge in [-0.05, 0) is 24.3 Å². The van der Waals surface area contributed by atoms with Crippen LogP contribution in [0.15, 0.2) is 33.9 Å². The number of rotatable bonds is 6. The highest BCUT2D eigenvalue weighted by Gasteiger charge is 2.35. The minimum absolute atomic E-state index is 0.143. The van der Waals surface area contributed by atoms with Gasteiger partial charge in [0.1, 0.15) is 5.75 Å². The molecule has 3 aromatic rings. The maximum absolute atomic E-state index is 12.4. The molecule has 0 fully saturated rings. The van der Waals surface area contributed by atoms with Crippen LogP contribution in [-0.4, -0.2) is 39.2 Å². The van der Waals surface area contributed by atoms with E-state index < -0.39 is 17.1 Å². The van der Waals surface area contributed by atoms with Crippen LogP contribution in [0.5, 0.6) is 5.75 Å². The van der Waals surface area contributed by atoms with Crippen LogP contribution >= 0.6 is 23.1 Å². The number of alkyl halides is 3. The number of carbonyl (C=O) groups excluding carboxylic acids is 1. The van der Waals surface area contributed by atoms with E-state index in [-0.39, 0.29) is 33.3 Å². The fourth-order valence-electron chi connectivity index (χ4n) is 1.79. The van der Waals surface area contributed by atoms with Crippen LogP contribution in [0, 0.1) is 0 Å². The van der Waals surface area contributed by atoms with Gasteiger partial charge in [0.05, 0.1) is 12.9 Å². The molecule has 142 valence electrons. The maximum Gasteiger partial charge on any atom is 0.445 e. The van der Waals surface area contributed by atoms with E-state index in [4.69, 9.17) is 9.15 Å². The Bertz CT molecular complexity index is 927. The first-order valence-electron chi connectivity index (χ1n) is 7.16. The normalized spacial score (nSPS) is 11.4. The molecule has 1 N–H and O–H groups in total. The van der Waals surface area contributed by atoms with Gasteiger partial charge >= 0.3 is 6.18 Å². The smallest absolute Gasteiger partial charge is 0.445 e. The lowest BCUT2D eigenvalue weighted by Crippen LogP contribution is -2.13. The lowest BCUT2D eigenvalue weighted by Gasteiger charge is -2.00. The number of nitrogens with zero attached hydrogens (tertiary/aromatic N) is 4. The van der Waals surface area contributed by atoms with Crippen molar-refractivity contribution in [2.24, 2.45) is 0 Å². The molecule has 3 rings (SSSR count). The first kappa shape index (κ1) is 19.1. The van der Waals surface area contributed by atoms with Gasteiger partial charge in [0.2, 0.25) is 21.9 Å². The Balaban J connectivity index is 1.54. The van der Waals surface area contributed by atoms with Gasteiger partial charge in [-0.15, -0.1) is 20.4 Å². The van der Waals surface area contributed by atoms with Gasteiger partial charge in [-0.3, -0.25) is 10.1 Å². The van der Waals surface area contributed by atoms with E-state index >= 15 is 0 Å². The number of halogens is 3. The highest BCUT2D eigenvalue weighted by Crippen LogP contribution is 2.33. The topological polar surface area (TPSA) is 103 Å². The summed E-state index contributed by atoms with van der Waals surface area (Å²) in [5.74, 6) is 0.217. The number of methoxy groups -OCH3 is 1. The van der Waals surface area contributed by atoms with E-state index in [1.165, 1.54) is 0 Å². The molecule has 0 spiro atoms. The lowest BCUT2D eigenvalue weighted by molar-refractivity contribution is -0.138. The van der Waals surface area contributed by atoms with Gasteiger partial charge in [-0.1, -0.05) is 23.1 Å². The molecular weight excluding hydrogens is 407 g/mol. The van der Waals surface area contributed by atoms with Gasteiger partial charge in [-0.2, -0.15) is 13.2 Å². The molecule has 1 amide bonds. The third kappa shape index (κ3) is 4.95. The van der Waals surface area contributed by atoms with E-state index in [0.717, 1.165) is 11.8 Å². The van der Waals surface area contributed by atoms with Crippen molar-refractivity contribution in [2.75, 3.05) is 18.2 Å². The molecule has 1 aromatic carbocycles. The highest BCUT2D eigenvalue weighted by molar-refractivity contribution is 7.99. The van der Waals surface area contributed by atoms with E-state index in [2.05, 4.69) is 25.7 Å². The monoisotopic (exact) mass is 417 g/mol. The fourth-order valence-corrected chi connectivity index (χ4v) is 2.98. The van der Waals surface area contributed by atoms with Crippen LogP contribution in [0.4, 0.5) is 18.3 Å². The Morgan fingerprint density at radius 3 is 2.59 bits per heavy atom. The minimum Gasteiger partial charge on any atom is -0.497 e. The van der Waals surface area contributed by atoms with E-state index in [9.17, 15) is 18.0 Å². The average Bonchev–Trinajstić information content (AvgIpc) is 3.29. The summed E-state index contributed by atoms with van der Waals surface area (Å²) in [5.41, 5.74) is 0.674. The second-order valence-electron chi connectivity index (χ2n) is 4.85. The molecule has 0 bridgehead atoms. The Morgan fingerprint density at radius 1 is 1.22 bits per heavy atom. The molecular formula is C14H10F3N5O3S2. The molecule has 0 aliphatic heterocycles. The summed E-state index contributed by atoms with van der Waals surface area (Å²) >= 11 is 1.18. The molecule has 0 saturated carbocycles. The fraction of sp³-hybridized carbons (Fsp3) is 0.214. The first-order valence-corrected chi connectivity index (χ1v) is 8.96. The molecule has 0 aliphatic carbocycles. The zero-order chi connectivity index (χ0) is 19.4. The first-order chi connectivity index (χ1) is 12.8. The molecule has 0 unspecified atom stereocenters. The SMILES string of the molecule is COc1ccc(-c2nnc(SCC(=O)Nc3nnc(C(F)(F)F)s3)o2)cc1. The summed E-state index contributed by atoms with van der Waals surface area (Å²) in [6.07, 6.45) is -4.60. The van der Waals surface area contributed by atoms with Crippen molar-refractivity contribution in [3.05, 3.63) is 29.3 Å². The van der Waals surface area contributed by atoms with Crippen LogP contribution in [0.1, 0.15) is 5.01 Å². The van der Waals surface area contributed by atoms with Crippen LogP contribution in [0.25, 0.3) is 11.5 Å².